The van der Waals surface area contributed by atoms with Crippen molar-refractivity contribution in [2.24, 2.45) is 5.92 Å². The van der Waals surface area contributed by atoms with E-state index in [0.717, 1.165) is 38.6 Å². The molecule has 0 aliphatic heterocycles. The molecule has 0 aromatic heterocycles. The van der Waals surface area contributed by atoms with Gasteiger partial charge in [-0.1, -0.05) is 20.8 Å². The molecule has 0 aromatic rings. The molecule has 110 valence electrons. The first-order valence-electron chi connectivity index (χ1n) is 7.56. The van der Waals surface area contributed by atoms with E-state index in [4.69, 9.17) is 0 Å². The van der Waals surface area contributed by atoms with E-state index in [1.807, 2.05) is 0 Å². The molecule has 0 fully saturated rings. The zero-order chi connectivity index (χ0) is 14.0. The molecule has 0 radical (unpaired) electrons. The van der Waals surface area contributed by atoms with Crippen LogP contribution in [0.3, 0.4) is 0 Å². The van der Waals surface area contributed by atoms with Gasteiger partial charge in [-0.15, -0.1) is 0 Å². The highest BCUT2D eigenvalue weighted by Crippen LogP contribution is 2.02. The maximum absolute atomic E-state index is 3.56. The summed E-state index contributed by atoms with van der Waals surface area (Å²) in [6.07, 6.45) is 2.64. The molecule has 0 bridgehead atoms. The largest absolute Gasteiger partial charge is 0.315 e. The molecule has 0 aliphatic rings. The monoisotopic (exact) mass is 257 g/mol. The second-order valence-corrected chi connectivity index (χ2v) is 6.03. The minimum atomic E-state index is 0.641. The summed E-state index contributed by atoms with van der Waals surface area (Å²) in [6, 6.07) is 0.641. The Bertz CT molecular complexity index is 181. The van der Waals surface area contributed by atoms with E-state index in [-0.39, 0.29) is 0 Å². The molecule has 0 rings (SSSR count). The number of nitrogens with zero attached hydrogens (tertiary/aromatic N) is 2. The van der Waals surface area contributed by atoms with Gasteiger partial charge in [0.25, 0.3) is 0 Å². The third-order valence-electron chi connectivity index (χ3n) is 3.37. The highest BCUT2D eigenvalue weighted by atomic mass is 15.2. The molecule has 0 spiro atoms. The second-order valence-electron chi connectivity index (χ2n) is 6.03. The number of rotatable bonds is 11. The SMILES string of the molecule is CCN(CCNCCCC(C)C)C(C)CN(C)C. The van der Waals surface area contributed by atoms with Crippen molar-refractivity contribution < 1.29 is 0 Å². The normalized spacial score (nSPS) is 13.8. The van der Waals surface area contributed by atoms with E-state index in [9.17, 15) is 0 Å². The van der Waals surface area contributed by atoms with E-state index in [1.165, 1.54) is 12.8 Å². The lowest BCUT2D eigenvalue weighted by molar-refractivity contribution is 0.182. The summed E-state index contributed by atoms with van der Waals surface area (Å²) in [5.41, 5.74) is 0. The summed E-state index contributed by atoms with van der Waals surface area (Å²) >= 11 is 0. The Hall–Kier alpha value is -0.120. The third kappa shape index (κ3) is 9.86. The van der Waals surface area contributed by atoms with Crippen LogP contribution in [0.1, 0.15) is 40.5 Å². The van der Waals surface area contributed by atoms with Crippen molar-refractivity contribution in [3.05, 3.63) is 0 Å². The van der Waals surface area contributed by atoms with Crippen molar-refractivity contribution in [1.29, 1.82) is 0 Å². The molecule has 0 saturated carbocycles. The van der Waals surface area contributed by atoms with E-state index < -0.39 is 0 Å². The molecule has 0 aliphatic carbocycles. The molecular formula is C15H35N3. The van der Waals surface area contributed by atoms with Crippen molar-refractivity contribution in [3.8, 4) is 0 Å². The lowest BCUT2D eigenvalue weighted by Gasteiger charge is -2.30. The van der Waals surface area contributed by atoms with Crippen LogP contribution in [0.5, 0.6) is 0 Å². The number of likely N-dealkylation sites (N-methyl/N-ethyl adjacent to an activating group) is 2. The Balaban J connectivity index is 3.61. The smallest absolute Gasteiger partial charge is 0.0195 e. The average molecular weight is 257 g/mol. The van der Waals surface area contributed by atoms with Crippen LogP contribution in [0, 0.1) is 5.92 Å². The Morgan fingerprint density at radius 1 is 1.06 bits per heavy atom. The first kappa shape index (κ1) is 17.9. The van der Waals surface area contributed by atoms with Crippen molar-refractivity contribution in [3.63, 3.8) is 0 Å². The Labute approximate surface area is 115 Å². The molecule has 1 unspecified atom stereocenters. The number of nitrogens with one attached hydrogen (secondary N) is 1. The van der Waals surface area contributed by atoms with E-state index in [2.05, 4.69) is 56.9 Å². The van der Waals surface area contributed by atoms with Gasteiger partial charge in [0.1, 0.15) is 0 Å². The Kier molecular flexibility index (Phi) is 10.7. The molecule has 0 saturated heterocycles. The molecule has 18 heavy (non-hydrogen) atoms. The van der Waals surface area contributed by atoms with Gasteiger partial charge >= 0.3 is 0 Å². The third-order valence-corrected chi connectivity index (χ3v) is 3.37. The summed E-state index contributed by atoms with van der Waals surface area (Å²) in [4.78, 5) is 4.82. The minimum absolute atomic E-state index is 0.641. The standard InChI is InChI=1S/C15H35N3/c1-7-18(15(4)13-17(5)6)12-11-16-10-8-9-14(2)3/h14-16H,7-13H2,1-6H3. The van der Waals surface area contributed by atoms with Gasteiger partial charge in [-0.25, -0.2) is 0 Å². The summed E-state index contributed by atoms with van der Waals surface area (Å²) in [5.74, 6) is 0.832. The Morgan fingerprint density at radius 2 is 1.72 bits per heavy atom. The van der Waals surface area contributed by atoms with Crippen molar-refractivity contribution in [2.45, 2.75) is 46.6 Å². The summed E-state index contributed by atoms with van der Waals surface area (Å²) in [7, 11) is 4.29. The summed E-state index contributed by atoms with van der Waals surface area (Å²) in [6.45, 7) is 14.9. The molecule has 0 aromatic carbocycles. The predicted molar refractivity (Wildman–Crippen MR) is 82.2 cm³/mol. The highest BCUT2D eigenvalue weighted by Gasteiger charge is 2.11. The van der Waals surface area contributed by atoms with Gasteiger partial charge in [0.2, 0.25) is 0 Å². The maximum atomic E-state index is 3.56. The van der Waals surface area contributed by atoms with Crippen molar-refractivity contribution >= 4 is 0 Å². The van der Waals surface area contributed by atoms with Gasteiger partial charge in [-0.2, -0.15) is 0 Å². The van der Waals surface area contributed by atoms with Crippen LogP contribution in [0.25, 0.3) is 0 Å². The first-order valence-corrected chi connectivity index (χ1v) is 7.56. The quantitative estimate of drug-likeness (QED) is 0.573. The summed E-state index contributed by atoms with van der Waals surface area (Å²) < 4.78 is 0. The van der Waals surface area contributed by atoms with Crippen LogP contribution >= 0.6 is 0 Å². The first-order chi connectivity index (χ1) is 8.47. The van der Waals surface area contributed by atoms with E-state index >= 15 is 0 Å². The lowest BCUT2D eigenvalue weighted by atomic mass is 10.1. The highest BCUT2D eigenvalue weighted by molar-refractivity contribution is 4.69. The van der Waals surface area contributed by atoms with Crippen LogP contribution < -0.4 is 5.32 Å². The topological polar surface area (TPSA) is 18.5 Å². The summed E-state index contributed by atoms with van der Waals surface area (Å²) in [5, 5.41) is 3.56. The molecule has 0 amide bonds. The van der Waals surface area contributed by atoms with Crippen molar-refractivity contribution in [2.75, 3.05) is 46.8 Å². The van der Waals surface area contributed by atoms with E-state index in [1.54, 1.807) is 0 Å². The average Bonchev–Trinajstić information content (AvgIpc) is 2.26. The zero-order valence-electron chi connectivity index (χ0n) is 13.5. The Morgan fingerprint density at radius 3 is 2.22 bits per heavy atom. The van der Waals surface area contributed by atoms with Crippen LogP contribution in [0.15, 0.2) is 0 Å². The van der Waals surface area contributed by atoms with Crippen LogP contribution in [0.4, 0.5) is 0 Å². The lowest BCUT2D eigenvalue weighted by Crippen LogP contribution is -2.43. The molecule has 1 atom stereocenters. The molecule has 3 heteroatoms. The predicted octanol–water partition coefficient (Wildman–Crippen LogP) is 2.28. The van der Waals surface area contributed by atoms with Crippen LogP contribution in [-0.2, 0) is 0 Å². The van der Waals surface area contributed by atoms with Crippen LogP contribution in [0.2, 0.25) is 0 Å². The molecular weight excluding hydrogens is 222 g/mol. The van der Waals surface area contributed by atoms with Gasteiger partial charge in [0.05, 0.1) is 0 Å². The maximum Gasteiger partial charge on any atom is 0.0195 e. The zero-order valence-corrected chi connectivity index (χ0v) is 13.5. The van der Waals surface area contributed by atoms with E-state index in [0.29, 0.717) is 6.04 Å². The van der Waals surface area contributed by atoms with Gasteiger partial charge < -0.3 is 10.2 Å². The second kappa shape index (κ2) is 10.8. The van der Waals surface area contributed by atoms with Gasteiger partial charge in [0, 0.05) is 25.7 Å². The molecule has 3 nitrogen and oxygen atoms in total. The molecule has 1 N–H and O–H groups in total. The number of hydrogen-bond acceptors (Lipinski definition) is 3. The fourth-order valence-electron chi connectivity index (χ4n) is 2.32. The molecule has 0 heterocycles. The fraction of sp³-hybridized carbons (Fsp3) is 1.00. The van der Waals surface area contributed by atoms with Gasteiger partial charge in [-0.05, 0) is 52.9 Å². The van der Waals surface area contributed by atoms with Crippen molar-refractivity contribution in [1.82, 2.24) is 15.1 Å². The fourth-order valence-corrected chi connectivity index (χ4v) is 2.32. The minimum Gasteiger partial charge on any atom is -0.315 e. The van der Waals surface area contributed by atoms with Gasteiger partial charge in [0.15, 0.2) is 0 Å². The number of hydrogen-bond donors (Lipinski definition) is 1. The van der Waals surface area contributed by atoms with Gasteiger partial charge in [-0.3, -0.25) is 4.90 Å². The van der Waals surface area contributed by atoms with Crippen LogP contribution in [-0.4, -0.2) is 62.7 Å².